The monoisotopic (exact) mass is 256 g/mol. The molecule has 1 saturated heterocycles. The summed E-state index contributed by atoms with van der Waals surface area (Å²) in [5.41, 5.74) is 0. The third kappa shape index (κ3) is 3.38. The van der Waals surface area contributed by atoms with Gasteiger partial charge in [0.25, 0.3) is 0 Å². The first kappa shape index (κ1) is 13.2. The van der Waals surface area contributed by atoms with Crippen LogP contribution in [0.25, 0.3) is 0 Å². The predicted octanol–water partition coefficient (Wildman–Crippen LogP) is 1.77. The fourth-order valence-corrected chi connectivity index (χ4v) is 3.84. The summed E-state index contributed by atoms with van der Waals surface area (Å²) in [6, 6.07) is 0.761. The van der Waals surface area contributed by atoms with Crippen molar-refractivity contribution in [1.82, 2.24) is 10.6 Å². The highest BCUT2D eigenvalue weighted by Crippen LogP contribution is 2.27. The Morgan fingerprint density at radius 1 is 1.35 bits per heavy atom. The number of carbonyl (C=O) groups is 1. The Labute approximate surface area is 108 Å². The van der Waals surface area contributed by atoms with Gasteiger partial charge < -0.3 is 10.6 Å². The summed E-state index contributed by atoms with van der Waals surface area (Å²) in [4.78, 5) is 12.2. The molecule has 1 amide bonds. The van der Waals surface area contributed by atoms with Crippen LogP contribution < -0.4 is 10.6 Å². The highest BCUT2D eigenvalue weighted by atomic mass is 32.2. The minimum atomic E-state index is 0.185. The van der Waals surface area contributed by atoms with E-state index in [1.807, 2.05) is 11.8 Å². The van der Waals surface area contributed by atoms with Gasteiger partial charge in [0.1, 0.15) is 0 Å². The second-order valence-corrected chi connectivity index (χ2v) is 6.51. The lowest BCUT2D eigenvalue weighted by molar-refractivity contribution is -0.126. The van der Waals surface area contributed by atoms with Gasteiger partial charge in [0.2, 0.25) is 5.91 Å². The maximum atomic E-state index is 12.2. The molecule has 1 aliphatic carbocycles. The number of rotatable bonds is 3. The average molecular weight is 256 g/mol. The highest BCUT2D eigenvalue weighted by molar-refractivity contribution is 7.99. The molecular formula is C13H24N2OS. The van der Waals surface area contributed by atoms with E-state index in [0.717, 1.165) is 31.1 Å². The maximum Gasteiger partial charge on any atom is 0.224 e. The second-order valence-electron chi connectivity index (χ2n) is 5.37. The topological polar surface area (TPSA) is 41.1 Å². The first-order valence-electron chi connectivity index (χ1n) is 6.77. The third-order valence-corrected chi connectivity index (χ3v) is 5.26. The zero-order valence-corrected chi connectivity index (χ0v) is 11.7. The summed E-state index contributed by atoms with van der Waals surface area (Å²) < 4.78 is 0. The van der Waals surface area contributed by atoms with E-state index in [-0.39, 0.29) is 11.8 Å². The summed E-state index contributed by atoms with van der Waals surface area (Å²) in [7, 11) is 0. The van der Waals surface area contributed by atoms with Gasteiger partial charge in [-0.3, -0.25) is 4.79 Å². The summed E-state index contributed by atoms with van der Waals surface area (Å²) in [6.07, 6.45) is 8.06. The van der Waals surface area contributed by atoms with E-state index >= 15 is 0 Å². The molecule has 17 heavy (non-hydrogen) atoms. The van der Waals surface area contributed by atoms with Crippen molar-refractivity contribution in [3.63, 3.8) is 0 Å². The van der Waals surface area contributed by atoms with Crippen LogP contribution in [0.2, 0.25) is 0 Å². The van der Waals surface area contributed by atoms with Crippen LogP contribution in [-0.2, 0) is 4.79 Å². The molecule has 1 aliphatic heterocycles. The van der Waals surface area contributed by atoms with Crippen LogP contribution in [0.15, 0.2) is 0 Å². The molecule has 0 aromatic heterocycles. The smallest absolute Gasteiger partial charge is 0.224 e. The van der Waals surface area contributed by atoms with Crippen LogP contribution in [0.5, 0.6) is 0 Å². The molecule has 3 nitrogen and oxygen atoms in total. The number of hydrogen-bond donors (Lipinski definition) is 2. The van der Waals surface area contributed by atoms with Gasteiger partial charge in [-0.2, -0.15) is 11.8 Å². The Hall–Kier alpha value is -0.220. The molecule has 2 rings (SSSR count). The van der Waals surface area contributed by atoms with Crippen molar-refractivity contribution < 1.29 is 4.79 Å². The zero-order chi connectivity index (χ0) is 12.3. The van der Waals surface area contributed by atoms with Crippen LogP contribution in [0, 0.1) is 5.92 Å². The lowest BCUT2D eigenvalue weighted by atomic mass is 9.93. The predicted molar refractivity (Wildman–Crippen MR) is 73.3 cm³/mol. The van der Waals surface area contributed by atoms with Gasteiger partial charge in [-0.1, -0.05) is 6.42 Å². The van der Waals surface area contributed by atoms with Crippen molar-refractivity contribution in [1.29, 1.82) is 0 Å². The van der Waals surface area contributed by atoms with Gasteiger partial charge in [0.15, 0.2) is 0 Å². The molecule has 4 atom stereocenters. The quantitative estimate of drug-likeness (QED) is 0.808. The Kier molecular flexibility index (Phi) is 4.74. The summed E-state index contributed by atoms with van der Waals surface area (Å²) >= 11 is 1.95. The van der Waals surface area contributed by atoms with Gasteiger partial charge in [-0.15, -0.1) is 0 Å². The lowest BCUT2D eigenvalue weighted by Crippen LogP contribution is -2.44. The number of nitrogens with one attached hydrogen (secondary N) is 2. The normalized spacial score (nSPS) is 38.0. The molecule has 4 unspecified atom stereocenters. The number of thioether (sulfide) groups is 1. The first-order valence-corrected chi connectivity index (χ1v) is 8.06. The molecule has 2 fully saturated rings. The third-order valence-electron chi connectivity index (χ3n) is 4.17. The van der Waals surface area contributed by atoms with E-state index in [1.165, 1.54) is 12.8 Å². The largest absolute Gasteiger partial charge is 0.353 e. The van der Waals surface area contributed by atoms with Crippen molar-refractivity contribution in [3.8, 4) is 0 Å². The van der Waals surface area contributed by atoms with Gasteiger partial charge >= 0.3 is 0 Å². The van der Waals surface area contributed by atoms with E-state index < -0.39 is 0 Å². The van der Waals surface area contributed by atoms with Gasteiger partial charge in [-0.05, 0) is 45.4 Å². The van der Waals surface area contributed by atoms with Gasteiger partial charge in [-0.25, -0.2) is 0 Å². The number of amides is 1. The van der Waals surface area contributed by atoms with E-state index in [9.17, 15) is 4.79 Å². The number of hydrogen-bond acceptors (Lipinski definition) is 3. The standard InChI is InChI=1S/C13H24N2OS/c1-9-12(6-7-14-9)13(16)15-10-4-3-5-11(8-10)17-2/h9-12,14H,3-8H2,1-2H3,(H,15,16). The van der Waals surface area contributed by atoms with Crippen LogP contribution in [0.3, 0.4) is 0 Å². The molecule has 2 N–H and O–H groups in total. The Morgan fingerprint density at radius 2 is 2.18 bits per heavy atom. The van der Waals surface area contributed by atoms with Gasteiger partial charge in [0, 0.05) is 17.3 Å². The van der Waals surface area contributed by atoms with E-state index in [2.05, 4.69) is 23.8 Å². The van der Waals surface area contributed by atoms with Crippen molar-refractivity contribution in [3.05, 3.63) is 0 Å². The Balaban J connectivity index is 1.81. The zero-order valence-electron chi connectivity index (χ0n) is 10.9. The summed E-state index contributed by atoms with van der Waals surface area (Å²) in [5, 5.41) is 7.35. The maximum absolute atomic E-state index is 12.2. The van der Waals surface area contributed by atoms with Crippen molar-refractivity contribution in [2.45, 2.75) is 56.4 Å². The molecule has 1 heterocycles. The fraction of sp³-hybridized carbons (Fsp3) is 0.923. The van der Waals surface area contributed by atoms with Crippen molar-refractivity contribution in [2.75, 3.05) is 12.8 Å². The minimum Gasteiger partial charge on any atom is -0.353 e. The molecule has 98 valence electrons. The minimum absolute atomic E-state index is 0.185. The van der Waals surface area contributed by atoms with Crippen LogP contribution >= 0.6 is 11.8 Å². The Morgan fingerprint density at radius 3 is 2.82 bits per heavy atom. The highest BCUT2D eigenvalue weighted by Gasteiger charge is 2.31. The molecule has 1 saturated carbocycles. The van der Waals surface area contributed by atoms with Crippen LogP contribution in [0.1, 0.15) is 39.0 Å². The average Bonchev–Trinajstić information content (AvgIpc) is 2.76. The molecule has 4 heteroatoms. The van der Waals surface area contributed by atoms with Crippen LogP contribution in [-0.4, -0.2) is 36.0 Å². The molecule has 0 aromatic carbocycles. The molecule has 2 aliphatic rings. The molecule has 0 radical (unpaired) electrons. The molecule has 0 aromatic rings. The first-order chi connectivity index (χ1) is 8.20. The van der Waals surface area contributed by atoms with E-state index in [1.54, 1.807) is 0 Å². The summed E-state index contributed by atoms with van der Waals surface area (Å²) in [5.74, 6) is 0.457. The van der Waals surface area contributed by atoms with E-state index in [0.29, 0.717) is 12.1 Å². The molecule has 0 bridgehead atoms. The molecular weight excluding hydrogens is 232 g/mol. The van der Waals surface area contributed by atoms with E-state index in [4.69, 9.17) is 0 Å². The summed E-state index contributed by atoms with van der Waals surface area (Å²) in [6.45, 7) is 3.10. The molecule has 0 spiro atoms. The number of carbonyl (C=O) groups excluding carboxylic acids is 1. The van der Waals surface area contributed by atoms with Crippen molar-refractivity contribution >= 4 is 17.7 Å². The Bertz CT molecular complexity index is 272. The second kappa shape index (κ2) is 6.10. The van der Waals surface area contributed by atoms with Gasteiger partial charge in [0.05, 0.1) is 5.92 Å². The SMILES string of the molecule is CSC1CCCC(NC(=O)C2CCNC2C)C1. The lowest BCUT2D eigenvalue weighted by Gasteiger charge is -2.30. The van der Waals surface area contributed by atoms with Crippen LogP contribution in [0.4, 0.5) is 0 Å². The fourth-order valence-electron chi connectivity index (χ4n) is 3.02. The van der Waals surface area contributed by atoms with Crippen molar-refractivity contribution in [2.24, 2.45) is 5.92 Å².